The first kappa shape index (κ1) is 24.1. The van der Waals surface area contributed by atoms with Gasteiger partial charge in [0.15, 0.2) is 6.61 Å². The normalized spacial score (nSPS) is 16.1. The molecule has 176 valence electrons. The number of fused-ring (bicyclic) bond motifs is 1. The minimum atomic E-state index is -3.74. The van der Waals surface area contributed by atoms with Crippen LogP contribution in [0.15, 0.2) is 58.4 Å². The van der Waals surface area contributed by atoms with Crippen molar-refractivity contribution in [1.29, 1.82) is 0 Å². The predicted molar refractivity (Wildman–Crippen MR) is 113 cm³/mol. The largest absolute Gasteiger partial charge is 0.454 e. The highest BCUT2D eigenvalue weighted by molar-refractivity contribution is 7.90. The summed E-state index contributed by atoms with van der Waals surface area (Å²) in [5.74, 6) is -1.28. The summed E-state index contributed by atoms with van der Waals surface area (Å²) in [6, 6.07) is 10.9. The average Bonchev–Trinajstić information content (AvgIpc) is 3.02. The van der Waals surface area contributed by atoms with Crippen molar-refractivity contribution in [3.05, 3.63) is 59.7 Å². The lowest BCUT2D eigenvalue weighted by atomic mass is 10.2. The highest BCUT2D eigenvalue weighted by Gasteiger charge is 2.31. The van der Waals surface area contributed by atoms with Crippen molar-refractivity contribution in [3.8, 4) is 5.75 Å². The van der Waals surface area contributed by atoms with Gasteiger partial charge < -0.3 is 14.4 Å². The van der Waals surface area contributed by atoms with Gasteiger partial charge in [-0.05, 0) is 36.8 Å². The number of hydrogen-bond donors (Lipinski definition) is 1. The van der Waals surface area contributed by atoms with Gasteiger partial charge in [0.1, 0.15) is 17.6 Å². The van der Waals surface area contributed by atoms with Gasteiger partial charge in [-0.1, -0.05) is 24.3 Å². The zero-order chi connectivity index (χ0) is 24.2. The van der Waals surface area contributed by atoms with Crippen LogP contribution in [0.1, 0.15) is 18.1 Å². The van der Waals surface area contributed by atoms with E-state index in [1.807, 2.05) is 0 Å². The number of likely N-dealkylation sites (N-methyl/N-ethyl adjacent to an activating group) is 1. The summed E-state index contributed by atoms with van der Waals surface area (Å²) in [5.41, 5.74) is 1.00. The van der Waals surface area contributed by atoms with Gasteiger partial charge in [-0.15, -0.1) is 0 Å². The first-order chi connectivity index (χ1) is 15.6. The van der Waals surface area contributed by atoms with E-state index in [-0.39, 0.29) is 23.0 Å². The number of nitrogens with zero attached hydrogens (tertiary/aromatic N) is 2. The van der Waals surface area contributed by atoms with Crippen LogP contribution in [0.2, 0.25) is 0 Å². The smallest absolute Gasteiger partial charge is 0.387 e. The van der Waals surface area contributed by atoms with E-state index in [2.05, 4.69) is 14.5 Å². The highest BCUT2D eigenvalue weighted by atomic mass is 32.2. The number of sulfonamides is 1. The predicted octanol–water partition coefficient (Wildman–Crippen LogP) is 1.92. The van der Waals surface area contributed by atoms with Crippen LogP contribution in [0, 0.1) is 0 Å². The lowest BCUT2D eigenvalue weighted by molar-refractivity contribution is -0.152. The maximum absolute atomic E-state index is 12.3. The number of alkyl halides is 2. The Bertz CT molecular complexity index is 1170. The minimum absolute atomic E-state index is 0.000516. The molecule has 0 fully saturated rings. The molecule has 1 atom stereocenters. The van der Waals surface area contributed by atoms with Crippen molar-refractivity contribution in [1.82, 2.24) is 9.62 Å². The van der Waals surface area contributed by atoms with E-state index < -0.39 is 41.2 Å². The second-order valence-electron chi connectivity index (χ2n) is 7.14. The van der Waals surface area contributed by atoms with Crippen LogP contribution < -0.4 is 9.46 Å². The molecule has 0 radical (unpaired) electrons. The maximum Gasteiger partial charge on any atom is 0.387 e. The van der Waals surface area contributed by atoms with Gasteiger partial charge >= 0.3 is 12.6 Å². The Labute approximate surface area is 189 Å². The molecule has 12 heteroatoms. The molecular weight excluding hydrogens is 460 g/mol. The van der Waals surface area contributed by atoms with Gasteiger partial charge in [0.25, 0.3) is 15.9 Å². The molecule has 1 amide bonds. The van der Waals surface area contributed by atoms with Crippen LogP contribution in [0.5, 0.6) is 5.75 Å². The average molecular weight is 481 g/mol. The Morgan fingerprint density at radius 3 is 2.45 bits per heavy atom. The monoisotopic (exact) mass is 481 g/mol. The molecule has 2 aromatic carbocycles. The number of amides is 1. The topological polar surface area (TPSA) is 114 Å². The number of aliphatic imine (C=N–C) groups is 1. The first-order valence-electron chi connectivity index (χ1n) is 9.71. The van der Waals surface area contributed by atoms with Crippen molar-refractivity contribution in [2.24, 2.45) is 4.99 Å². The fourth-order valence-corrected chi connectivity index (χ4v) is 4.22. The highest BCUT2D eigenvalue weighted by Crippen LogP contribution is 2.22. The molecule has 2 aromatic rings. The molecule has 0 saturated carbocycles. The molecule has 9 nitrogen and oxygen atoms in total. The van der Waals surface area contributed by atoms with E-state index in [0.29, 0.717) is 11.1 Å². The summed E-state index contributed by atoms with van der Waals surface area (Å²) in [4.78, 5) is 30.0. The number of carbonyl (C=O) groups excluding carboxylic acids is 2. The van der Waals surface area contributed by atoms with Crippen LogP contribution in [0.3, 0.4) is 0 Å². The third-order valence-electron chi connectivity index (χ3n) is 4.66. The Morgan fingerprint density at radius 1 is 1.12 bits per heavy atom. The number of nitrogens with one attached hydrogen (secondary N) is 1. The van der Waals surface area contributed by atoms with Gasteiger partial charge in [0.05, 0.1) is 4.90 Å². The number of benzene rings is 2. The number of hydrogen-bond acceptors (Lipinski definition) is 7. The maximum atomic E-state index is 12.3. The van der Waals surface area contributed by atoms with Crippen molar-refractivity contribution >= 4 is 27.7 Å². The molecule has 1 aliphatic heterocycles. The molecule has 1 aliphatic rings. The molecule has 0 aliphatic carbocycles. The van der Waals surface area contributed by atoms with Gasteiger partial charge in [-0.3, -0.25) is 14.5 Å². The number of carbonyl (C=O) groups is 2. The van der Waals surface area contributed by atoms with Crippen molar-refractivity contribution in [3.63, 3.8) is 0 Å². The van der Waals surface area contributed by atoms with Crippen molar-refractivity contribution in [2.45, 2.75) is 31.0 Å². The summed E-state index contributed by atoms with van der Waals surface area (Å²) in [5, 5.41) is 0. The molecule has 0 spiro atoms. The Hall–Kier alpha value is -3.54. The van der Waals surface area contributed by atoms with E-state index in [9.17, 15) is 26.8 Å². The Morgan fingerprint density at radius 2 is 1.79 bits per heavy atom. The van der Waals surface area contributed by atoms with Crippen LogP contribution in [0.4, 0.5) is 8.78 Å². The SMILES string of the molecule is C[C@H](N=C1NS(=O)(=O)c2ccccc21)C(=O)OCC(=O)N(C)Cc1ccc(OC(F)F)cc1. The number of halogens is 2. The molecule has 0 bridgehead atoms. The summed E-state index contributed by atoms with van der Waals surface area (Å²) < 4.78 is 60.2. The lowest BCUT2D eigenvalue weighted by Gasteiger charge is -2.18. The minimum Gasteiger partial charge on any atom is -0.454 e. The lowest BCUT2D eigenvalue weighted by Crippen LogP contribution is -2.33. The van der Waals surface area contributed by atoms with E-state index in [0.717, 1.165) is 0 Å². The van der Waals surface area contributed by atoms with Crippen molar-refractivity contribution < 1.29 is 36.3 Å². The number of ether oxygens (including phenoxy) is 2. The summed E-state index contributed by atoms with van der Waals surface area (Å²) >= 11 is 0. The number of rotatable bonds is 8. The Balaban J connectivity index is 1.54. The van der Waals surface area contributed by atoms with E-state index in [1.54, 1.807) is 18.2 Å². The quantitative estimate of drug-likeness (QED) is 0.577. The molecule has 0 aromatic heterocycles. The van der Waals surface area contributed by atoms with Gasteiger partial charge in [-0.25, -0.2) is 13.2 Å². The fourth-order valence-electron chi connectivity index (χ4n) is 2.98. The molecule has 33 heavy (non-hydrogen) atoms. The van der Waals surface area contributed by atoms with Crippen LogP contribution in [-0.2, 0) is 30.9 Å². The molecular formula is C21H21F2N3O6S. The zero-order valence-corrected chi connectivity index (χ0v) is 18.5. The summed E-state index contributed by atoms with van der Waals surface area (Å²) in [7, 11) is -2.25. The summed E-state index contributed by atoms with van der Waals surface area (Å²) in [6.07, 6.45) is 0. The number of amidine groups is 1. The van der Waals surface area contributed by atoms with E-state index in [4.69, 9.17) is 4.74 Å². The number of esters is 1. The third kappa shape index (κ3) is 6.04. The fraction of sp³-hybridized carbons (Fsp3) is 0.286. The second kappa shape index (κ2) is 9.94. The molecule has 0 saturated heterocycles. The molecule has 1 N–H and O–H groups in total. The molecule has 0 unspecified atom stereocenters. The van der Waals surface area contributed by atoms with E-state index in [1.165, 1.54) is 49.2 Å². The van der Waals surface area contributed by atoms with Gasteiger partial charge in [-0.2, -0.15) is 8.78 Å². The van der Waals surface area contributed by atoms with Gasteiger partial charge in [0, 0.05) is 19.2 Å². The zero-order valence-electron chi connectivity index (χ0n) is 17.7. The second-order valence-corrected chi connectivity index (χ2v) is 8.79. The Kier molecular flexibility index (Phi) is 7.26. The van der Waals surface area contributed by atoms with Crippen LogP contribution >= 0.6 is 0 Å². The third-order valence-corrected chi connectivity index (χ3v) is 6.06. The van der Waals surface area contributed by atoms with Gasteiger partial charge in [0.2, 0.25) is 0 Å². The molecule has 1 heterocycles. The van der Waals surface area contributed by atoms with Crippen LogP contribution in [0.25, 0.3) is 0 Å². The molecule has 3 rings (SSSR count). The van der Waals surface area contributed by atoms with Crippen LogP contribution in [-0.4, -0.2) is 57.3 Å². The summed E-state index contributed by atoms with van der Waals surface area (Å²) in [6.45, 7) is -1.89. The standard InChI is InChI=1S/C21H21F2N3O6S/c1-13(24-19-16-5-3-4-6-17(16)33(29,30)25-19)20(28)31-12-18(27)26(2)11-14-7-9-15(10-8-14)32-21(22)23/h3-10,13,21H,11-12H2,1-2H3,(H,24,25)/t13-/m0/s1. The van der Waals surface area contributed by atoms with E-state index >= 15 is 0 Å². The first-order valence-corrected chi connectivity index (χ1v) is 11.2. The van der Waals surface area contributed by atoms with Crippen molar-refractivity contribution in [2.75, 3.05) is 13.7 Å².